The lowest BCUT2D eigenvalue weighted by Gasteiger charge is -2.12. The Labute approximate surface area is 165 Å². The summed E-state index contributed by atoms with van der Waals surface area (Å²) in [4.78, 5) is 27.8. The summed E-state index contributed by atoms with van der Waals surface area (Å²) < 4.78 is 0. The summed E-state index contributed by atoms with van der Waals surface area (Å²) in [6.45, 7) is 2.70. The van der Waals surface area contributed by atoms with E-state index in [0.717, 1.165) is 47.7 Å². The van der Waals surface area contributed by atoms with Crippen molar-refractivity contribution in [2.24, 2.45) is 0 Å². The summed E-state index contributed by atoms with van der Waals surface area (Å²) in [5, 5.41) is 9.41. The van der Waals surface area contributed by atoms with E-state index in [2.05, 4.69) is 35.9 Å². The van der Waals surface area contributed by atoms with Crippen molar-refractivity contribution >= 4 is 42.4 Å². The Bertz CT molecular complexity index is 914. The van der Waals surface area contributed by atoms with Gasteiger partial charge in [0.1, 0.15) is 13.7 Å². The number of aromatic amines is 1. The van der Waals surface area contributed by atoms with Crippen LogP contribution in [0.4, 0.5) is 23.1 Å². The topological polar surface area (TPSA) is 108 Å². The van der Waals surface area contributed by atoms with Gasteiger partial charge in [-0.15, -0.1) is 0 Å². The van der Waals surface area contributed by atoms with E-state index < -0.39 is 0 Å². The van der Waals surface area contributed by atoms with Crippen molar-refractivity contribution in [3.05, 3.63) is 48.7 Å². The molecular weight excluding hydrogens is 353 g/mol. The van der Waals surface area contributed by atoms with Crippen molar-refractivity contribution in [1.82, 2.24) is 19.9 Å². The number of imidazole rings is 1. The van der Waals surface area contributed by atoms with Crippen LogP contribution in [0.3, 0.4) is 0 Å². The number of nitrogens with one attached hydrogen (secondary N) is 4. The largest absolute Gasteiger partial charge is 0.370 e. The number of benzene rings is 1. The lowest BCUT2D eigenvalue weighted by atomic mass is 9.99. The Morgan fingerprint density at radius 2 is 2.11 bits per heavy atom. The second-order valence-corrected chi connectivity index (χ2v) is 6.47. The normalized spacial score (nSPS) is 10.5. The molecule has 144 valence electrons. The maximum atomic E-state index is 11.8. The smallest absolute Gasteiger partial charge is 0.229 e. The number of aromatic nitrogens is 4. The van der Waals surface area contributed by atoms with Crippen LogP contribution in [0.2, 0.25) is 0 Å². The van der Waals surface area contributed by atoms with E-state index in [0.29, 0.717) is 12.4 Å². The lowest BCUT2D eigenvalue weighted by Crippen LogP contribution is -2.18. The van der Waals surface area contributed by atoms with Crippen molar-refractivity contribution in [1.29, 1.82) is 0 Å². The standard InChI is InChI=1S/C19H24BN7O/c1-2-4-17(28)25-13-5-3-6-14(9-13)26-19-23-11-16(20)18(27-19)22-8-7-15-10-21-12-24-15/h3,5-6,9-12H,2,4,7-8,20H2,1H3,(H,21,24)(H,25,28)(H2,22,23,26,27). The number of rotatable bonds is 9. The average molecular weight is 377 g/mol. The number of anilines is 4. The molecule has 0 spiro atoms. The summed E-state index contributed by atoms with van der Waals surface area (Å²) in [5.41, 5.74) is 3.51. The molecule has 0 radical (unpaired) electrons. The molecule has 4 N–H and O–H groups in total. The van der Waals surface area contributed by atoms with Gasteiger partial charge in [0.2, 0.25) is 11.9 Å². The molecule has 28 heavy (non-hydrogen) atoms. The minimum Gasteiger partial charge on any atom is -0.370 e. The van der Waals surface area contributed by atoms with Crippen LogP contribution < -0.4 is 21.4 Å². The van der Waals surface area contributed by atoms with Gasteiger partial charge in [-0.1, -0.05) is 13.0 Å². The molecule has 2 heterocycles. The molecule has 0 aliphatic rings. The predicted molar refractivity (Wildman–Crippen MR) is 114 cm³/mol. The average Bonchev–Trinajstić information content (AvgIpc) is 3.18. The van der Waals surface area contributed by atoms with Gasteiger partial charge in [0, 0.05) is 43.2 Å². The molecule has 0 saturated carbocycles. The highest BCUT2D eigenvalue weighted by Gasteiger charge is 2.06. The highest BCUT2D eigenvalue weighted by atomic mass is 16.1. The van der Waals surface area contributed by atoms with Gasteiger partial charge < -0.3 is 20.9 Å². The van der Waals surface area contributed by atoms with Crippen LogP contribution in [0, 0.1) is 0 Å². The van der Waals surface area contributed by atoms with Crippen LogP contribution in [-0.2, 0) is 11.2 Å². The van der Waals surface area contributed by atoms with Crippen LogP contribution >= 0.6 is 0 Å². The first-order chi connectivity index (χ1) is 13.6. The number of hydrogen-bond acceptors (Lipinski definition) is 6. The maximum Gasteiger partial charge on any atom is 0.229 e. The van der Waals surface area contributed by atoms with Gasteiger partial charge in [-0.05, 0) is 30.1 Å². The number of amides is 1. The Kier molecular flexibility index (Phi) is 6.61. The molecule has 8 nitrogen and oxygen atoms in total. The van der Waals surface area contributed by atoms with Crippen molar-refractivity contribution in [3.63, 3.8) is 0 Å². The molecule has 1 amide bonds. The fraction of sp³-hybridized carbons (Fsp3) is 0.263. The van der Waals surface area contributed by atoms with E-state index >= 15 is 0 Å². The van der Waals surface area contributed by atoms with Crippen LogP contribution in [-0.4, -0.2) is 40.2 Å². The van der Waals surface area contributed by atoms with Crippen molar-refractivity contribution in [3.8, 4) is 0 Å². The summed E-state index contributed by atoms with van der Waals surface area (Å²) in [5.74, 6) is 1.28. The molecule has 1 aromatic carbocycles. The van der Waals surface area contributed by atoms with Gasteiger partial charge in [0.15, 0.2) is 0 Å². The Hall–Kier alpha value is -3.36. The third-order valence-electron chi connectivity index (χ3n) is 4.08. The molecular formula is C19H24BN7O. The fourth-order valence-electron chi connectivity index (χ4n) is 2.67. The molecule has 0 bridgehead atoms. The molecule has 0 saturated heterocycles. The van der Waals surface area contributed by atoms with Crippen molar-refractivity contribution in [2.75, 3.05) is 22.5 Å². The number of H-pyrrole nitrogens is 1. The lowest BCUT2D eigenvalue weighted by molar-refractivity contribution is -0.116. The van der Waals surface area contributed by atoms with E-state index in [1.807, 2.05) is 45.2 Å². The molecule has 3 rings (SSSR count). The van der Waals surface area contributed by atoms with Crippen molar-refractivity contribution in [2.45, 2.75) is 26.2 Å². The third-order valence-corrected chi connectivity index (χ3v) is 4.08. The van der Waals surface area contributed by atoms with E-state index in [-0.39, 0.29) is 5.91 Å². The molecule has 0 aliphatic carbocycles. The monoisotopic (exact) mass is 377 g/mol. The zero-order valence-corrected chi connectivity index (χ0v) is 16.1. The molecule has 2 aromatic heterocycles. The first-order valence-corrected chi connectivity index (χ1v) is 9.36. The second kappa shape index (κ2) is 9.54. The summed E-state index contributed by atoms with van der Waals surface area (Å²) in [6, 6.07) is 7.50. The molecule has 0 atom stereocenters. The summed E-state index contributed by atoms with van der Waals surface area (Å²) >= 11 is 0. The summed E-state index contributed by atoms with van der Waals surface area (Å²) in [6.07, 6.45) is 7.46. The molecule has 3 aromatic rings. The van der Waals surface area contributed by atoms with Gasteiger partial charge in [-0.2, -0.15) is 4.98 Å². The minimum absolute atomic E-state index is 0.00892. The van der Waals surface area contributed by atoms with Gasteiger partial charge in [0.05, 0.1) is 12.0 Å². The van der Waals surface area contributed by atoms with Crippen molar-refractivity contribution < 1.29 is 4.79 Å². The van der Waals surface area contributed by atoms with Gasteiger partial charge in [-0.3, -0.25) is 4.79 Å². The van der Waals surface area contributed by atoms with Crippen LogP contribution in [0.15, 0.2) is 43.0 Å². The highest BCUT2D eigenvalue weighted by Crippen LogP contribution is 2.18. The number of carbonyl (C=O) groups is 1. The van der Waals surface area contributed by atoms with Gasteiger partial charge in [0.25, 0.3) is 0 Å². The predicted octanol–water partition coefficient (Wildman–Crippen LogP) is 1.59. The van der Waals surface area contributed by atoms with E-state index in [1.165, 1.54) is 0 Å². The third kappa shape index (κ3) is 5.57. The quantitative estimate of drug-likeness (QED) is 0.422. The first-order valence-electron chi connectivity index (χ1n) is 9.36. The Morgan fingerprint density at radius 1 is 1.25 bits per heavy atom. The fourth-order valence-corrected chi connectivity index (χ4v) is 2.67. The van der Waals surface area contributed by atoms with E-state index in [1.54, 1.807) is 12.5 Å². The SMILES string of the molecule is Bc1cnc(Nc2cccc(NC(=O)CCC)c2)nc1NCCc1c[nH]cn1. The summed E-state index contributed by atoms with van der Waals surface area (Å²) in [7, 11) is 1.96. The van der Waals surface area contributed by atoms with Crippen LogP contribution in [0.1, 0.15) is 25.5 Å². The van der Waals surface area contributed by atoms with E-state index in [9.17, 15) is 4.79 Å². The van der Waals surface area contributed by atoms with Crippen LogP contribution in [0.5, 0.6) is 0 Å². The number of hydrogen-bond donors (Lipinski definition) is 4. The highest BCUT2D eigenvalue weighted by molar-refractivity contribution is 6.35. The molecule has 0 aliphatic heterocycles. The second-order valence-electron chi connectivity index (χ2n) is 6.47. The number of nitrogens with zero attached hydrogens (tertiary/aromatic N) is 3. The zero-order valence-electron chi connectivity index (χ0n) is 16.1. The zero-order chi connectivity index (χ0) is 19.8. The first kappa shape index (κ1) is 19.4. The molecule has 0 unspecified atom stereocenters. The molecule has 0 fully saturated rings. The minimum atomic E-state index is 0.00892. The van der Waals surface area contributed by atoms with Crippen LogP contribution in [0.25, 0.3) is 0 Å². The number of carbonyl (C=O) groups excluding carboxylic acids is 1. The maximum absolute atomic E-state index is 11.8. The molecule has 9 heteroatoms. The Morgan fingerprint density at radius 3 is 2.89 bits per heavy atom. The Balaban J connectivity index is 1.63. The van der Waals surface area contributed by atoms with Gasteiger partial charge in [-0.25, -0.2) is 9.97 Å². The van der Waals surface area contributed by atoms with E-state index in [4.69, 9.17) is 0 Å². The van der Waals surface area contributed by atoms with Gasteiger partial charge >= 0.3 is 0 Å².